The summed E-state index contributed by atoms with van der Waals surface area (Å²) in [6, 6.07) is 6.81. The Labute approximate surface area is 169 Å². The van der Waals surface area contributed by atoms with Crippen LogP contribution in [0.1, 0.15) is 35.3 Å². The van der Waals surface area contributed by atoms with Crippen molar-refractivity contribution in [2.75, 3.05) is 0 Å². The van der Waals surface area contributed by atoms with Crippen LogP contribution in [0.3, 0.4) is 0 Å². The number of aromatic nitrogens is 4. The molecule has 0 aliphatic heterocycles. The second kappa shape index (κ2) is 7.16. The van der Waals surface area contributed by atoms with Gasteiger partial charge in [0.25, 0.3) is 0 Å². The Kier molecular flexibility index (Phi) is 4.76. The van der Waals surface area contributed by atoms with E-state index in [4.69, 9.17) is 5.11 Å². The van der Waals surface area contributed by atoms with Crippen LogP contribution in [0.5, 0.6) is 0 Å². The van der Waals surface area contributed by atoms with Crippen molar-refractivity contribution in [3.05, 3.63) is 59.4 Å². The van der Waals surface area contributed by atoms with Gasteiger partial charge in [0, 0.05) is 22.9 Å². The van der Waals surface area contributed by atoms with Crippen molar-refractivity contribution in [1.82, 2.24) is 19.6 Å². The first kappa shape index (κ1) is 19.9. The highest BCUT2D eigenvalue weighted by Gasteiger charge is 2.32. The van der Waals surface area contributed by atoms with Crippen LogP contribution in [-0.2, 0) is 19.3 Å². The molecule has 0 bridgehead atoms. The van der Waals surface area contributed by atoms with Crippen molar-refractivity contribution in [3.8, 4) is 0 Å². The molecule has 0 fully saturated rings. The summed E-state index contributed by atoms with van der Waals surface area (Å²) in [6.07, 6.45) is -1.51. The third-order valence-electron chi connectivity index (χ3n) is 4.89. The number of carboxylic acids is 1. The van der Waals surface area contributed by atoms with Gasteiger partial charge in [-0.25, -0.2) is 4.79 Å². The lowest BCUT2D eigenvalue weighted by molar-refractivity contribution is -0.137. The lowest BCUT2D eigenvalue weighted by Crippen LogP contribution is -2.11. The number of halogens is 3. The Balaban J connectivity index is 1.85. The fraction of sp³-hybridized carbons (Fsp3) is 0.286. The molecule has 2 aromatic heterocycles. The first-order valence-electron chi connectivity index (χ1n) is 9.38. The predicted molar refractivity (Wildman–Crippen MR) is 105 cm³/mol. The van der Waals surface area contributed by atoms with Gasteiger partial charge in [-0.15, -0.1) is 0 Å². The molecule has 4 aromatic rings. The maximum atomic E-state index is 13.5. The van der Waals surface area contributed by atoms with Gasteiger partial charge >= 0.3 is 12.1 Å². The molecular weight excluding hydrogens is 397 g/mol. The largest absolute Gasteiger partial charge is 0.478 e. The van der Waals surface area contributed by atoms with E-state index in [0.717, 1.165) is 12.1 Å². The van der Waals surface area contributed by atoms with Crippen LogP contribution >= 0.6 is 0 Å². The quantitative estimate of drug-likeness (QED) is 0.507. The number of fused-ring (bicyclic) bond motifs is 2. The van der Waals surface area contributed by atoms with Crippen molar-refractivity contribution in [1.29, 1.82) is 0 Å². The van der Waals surface area contributed by atoms with Gasteiger partial charge < -0.3 is 5.11 Å². The zero-order valence-electron chi connectivity index (χ0n) is 16.3. The van der Waals surface area contributed by atoms with E-state index < -0.39 is 17.7 Å². The number of nitrogens with zero attached hydrogens (tertiary/aromatic N) is 4. The molecule has 0 spiro atoms. The molecule has 0 saturated carbocycles. The maximum absolute atomic E-state index is 13.5. The van der Waals surface area contributed by atoms with Crippen LogP contribution in [0.4, 0.5) is 13.2 Å². The summed E-state index contributed by atoms with van der Waals surface area (Å²) >= 11 is 0. The molecule has 30 heavy (non-hydrogen) atoms. The van der Waals surface area contributed by atoms with E-state index in [1.54, 1.807) is 15.4 Å². The summed E-state index contributed by atoms with van der Waals surface area (Å²) in [4.78, 5) is 11.2. The summed E-state index contributed by atoms with van der Waals surface area (Å²) in [5.74, 6) is -0.787. The van der Waals surface area contributed by atoms with Crippen molar-refractivity contribution in [3.63, 3.8) is 0 Å². The van der Waals surface area contributed by atoms with Crippen molar-refractivity contribution < 1.29 is 23.1 Å². The first-order chi connectivity index (χ1) is 14.1. The molecule has 0 aliphatic carbocycles. The van der Waals surface area contributed by atoms with Crippen LogP contribution in [0, 0.1) is 5.92 Å². The monoisotopic (exact) mass is 416 g/mol. The molecule has 9 heteroatoms. The summed E-state index contributed by atoms with van der Waals surface area (Å²) in [6.45, 7) is 4.69. The minimum atomic E-state index is -4.48. The van der Waals surface area contributed by atoms with Crippen LogP contribution in [0.25, 0.3) is 21.8 Å². The van der Waals surface area contributed by atoms with Gasteiger partial charge in [-0.05, 0) is 36.2 Å². The summed E-state index contributed by atoms with van der Waals surface area (Å²) in [5, 5.41) is 18.7. The molecule has 2 heterocycles. The van der Waals surface area contributed by atoms with Crippen LogP contribution in [-0.4, -0.2) is 30.6 Å². The smallest absolute Gasteiger partial charge is 0.416 e. The molecule has 0 aliphatic rings. The van der Waals surface area contributed by atoms with Crippen molar-refractivity contribution in [2.45, 2.75) is 33.1 Å². The lowest BCUT2D eigenvalue weighted by Gasteiger charge is -2.14. The number of alkyl halides is 3. The molecule has 0 atom stereocenters. The van der Waals surface area contributed by atoms with E-state index in [1.807, 2.05) is 13.8 Å². The van der Waals surface area contributed by atoms with E-state index in [1.165, 1.54) is 24.5 Å². The summed E-state index contributed by atoms with van der Waals surface area (Å²) in [5.41, 5.74) is 1.12. The number of rotatable bonds is 5. The topological polar surface area (TPSA) is 72.9 Å². The standard InChI is InChI=1S/C21H19F3N4O2/c1-12(2)10-28-19-15(9-26-28)6-17(21(22,23)24)7-16(19)11-27-18-4-3-13(20(29)30)5-14(18)8-25-27/h3-9,12H,10-11H2,1-2H3,(H,29,30). The van der Waals surface area contributed by atoms with Gasteiger partial charge in [-0.1, -0.05) is 13.8 Å². The Morgan fingerprint density at radius 2 is 1.77 bits per heavy atom. The second-order valence-corrected chi connectivity index (χ2v) is 7.67. The van der Waals surface area contributed by atoms with E-state index in [9.17, 15) is 18.0 Å². The van der Waals surface area contributed by atoms with Gasteiger partial charge in [0.1, 0.15) is 0 Å². The first-order valence-corrected chi connectivity index (χ1v) is 9.38. The molecular formula is C21H19F3N4O2. The molecule has 0 saturated heterocycles. The number of aromatic carboxylic acids is 1. The summed E-state index contributed by atoms with van der Waals surface area (Å²) in [7, 11) is 0. The van der Waals surface area contributed by atoms with Gasteiger partial charge in [-0.2, -0.15) is 23.4 Å². The number of carboxylic acid groups (broad SMARTS) is 1. The molecule has 156 valence electrons. The maximum Gasteiger partial charge on any atom is 0.416 e. The number of hydrogen-bond acceptors (Lipinski definition) is 3. The molecule has 1 N–H and O–H groups in total. The minimum Gasteiger partial charge on any atom is -0.478 e. The van der Waals surface area contributed by atoms with E-state index in [2.05, 4.69) is 10.2 Å². The lowest BCUT2D eigenvalue weighted by atomic mass is 10.1. The highest BCUT2D eigenvalue weighted by atomic mass is 19.4. The molecule has 0 radical (unpaired) electrons. The highest BCUT2D eigenvalue weighted by molar-refractivity contribution is 5.93. The Bertz CT molecular complexity index is 1250. The van der Waals surface area contributed by atoms with Crippen LogP contribution in [0.2, 0.25) is 0 Å². The Hall–Kier alpha value is -3.36. The molecule has 0 amide bonds. The molecule has 2 aromatic carbocycles. The fourth-order valence-corrected chi connectivity index (χ4v) is 3.60. The van der Waals surface area contributed by atoms with E-state index in [-0.39, 0.29) is 18.0 Å². The average Bonchev–Trinajstić information content (AvgIpc) is 3.24. The Morgan fingerprint density at radius 1 is 1.07 bits per heavy atom. The fourth-order valence-electron chi connectivity index (χ4n) is 3.60. The van der Waals surface area contributed by atoms with Gasteiger partial charge in [-0.3, -0.25) is 9.36 Å². The van der Waals surface area contributed by atoms with Crippen molar-refractivity contribution in [2.24, 2.45) is 5.92 Å². The number of benzene rings is 2. The Morgan fingerprint density at radius 3 is 2.43 bits per heavy atom. The van der Waals surface area contributed by atoms with Gasteiger partial charge in [0.05, 0.1) is 41.1 Å². The molecule has 6 nitrogen and oxygen atoms in total. The average molecular weight is 416 g/mol. The number of carbonyl (C=O) groups is 1. The molecule has 0 unspecified atom stereocenters. The molecule has 4 rings (SSSR count). The summed E-state index contributed by atoms with van der Waals surface area (Å²) < 4.78 is 43.7. The van der Waals surface area contributed by atoms with Crippen molar-refractivity contribution >= 4 is 27.8 Å². The second-order valence-electron chi connectivity index (χ2n) is 7.67. The normalized spacial score (nSPS) is 12.3. The van der Waals surface area contributed by atoms with Gasteiger partial charge in [0.2, 0.25) is 0 Å². The van der Waals surface area contributed by atoms with E-state index in [0.29, 0.717) is 33.9 Å². The zero-order valence-corrected chi connectivity index (χ0v) is 16.3. The van der Waals surface area contributed by atoms with Crippen LogP contribution in [0.15, 0.2) is 42.7 Å². The van der Waals surface area contributed by atoms with Crippen LogP contribution < -0.4 is 0 Å². The zero-order chi connectivity index (χ0) is 21.6. The van der Waals surface area contributed by atoms with Gasteiger partial charge in [0.15, 0.2) is 0 Å². The van der Waals surface area contributed by atoms with E-state index >= 15 is 0 Å². The minimum absolute atomic E-state index is 0.0973. The third kappa shape index (κ3) is 3.62. The third-order valence-corrected chi connectivity index (χ3v) is 4.89. The SMILES string of the molecule is CC(C)Cn1ncc2cc(C(F)(F)F)cc(Cn3ncc4cc(C(=O)O)ccc43)c21. The number of hydrogen-bond donors (Lipinski definition) is 1. The highest BCUT2D eigenvalue weighted by Crippen LogP contribution is 2.34. The predicted octanol–water partition coefficient (Wildman–Crippen LogP) is 4.81.